The molecular weight excluding hydrogens is 454 g/mol. The third-order valence-corrected chi connectivity index (χ3v) is 5.92. The van der Waals surface area contributed by atoms with Crippen molar-refractivity contribution in [2.45, 2.75) is 21.0 Å². The van der Waals surface area contributed by atoms with Gasteiger partial charge in [0.15, 0.2) is 5.16 Å². The molecule has 1 aromatic carbocycles. The molecule has 12 nitrogen and oxygen atoms in total. The van der Waals surface area contributed by atoms with Crippen molar-refractivity contribution >= 4 is 51.0 Å². The van der Waals surface area contributed by atoms with Crippen molar-refractivity contribution in [3.05, 3.63) is 46.6 Å². The molecule has 0 bridgehead atoms. The molecule has 0 fully saturated rings. The van der Waals surface area contributed by atoms with Crippen molar-refractivity contribution in [2.75, 3.05) is 16.8 Å². The van der Waals surface area contributed by atoms with Crippen molar-refractivity contribution in [1.29, 1.82) is 0 Å². The topological polar surface area (TPSA) is 200 Å². The van der Waals surface area contributed by atoms with Gasteiger partial charge in [0.25, 0.3) is 10.8 Å². The van der Waals surface area contributed by atoms with Gasteiger partial charge in [0.1, 0.15) is 5.82 Å². The monoisotopic (exact) mass is 469 g/mol. The van der Waals surface area contributed by atoms with Crippen molar-refractivity contribution in [3.63, 3.8) is 0 Å². The summed E-state index contributed by atoms with van der Waals surface area (Å²) in [5.41, 5.74) is 5.56. The average molecular weight is 470 g/mol. The summed E-state index contributed by atoms with van der Waals surface area (Å²) >= 11 is 2.19. The number of sulfonamides is 1. The molecule has 0 unspecified atom stereocenters. The molecule has 0 spiro atoms. The molecule has 2 aromatic heterocycles. The van der Waals surface area contributed by atoms with E-state index in [1.54, 1.807) is 0 Å². The number of anilines is 2. The van der Waals surface area contributed by atoms with Gasteiger partial charge in [0, 0.05) is 11.8 Å². The van der Waals surface area contributed by atoms with Crippen LogP contribution >= 0.6 is 23.5 Å². The number of nitrogens with zero attached hydrogens (tertiary/aromatic N) is 3. The molecule has 2 heterocycles. The number of aromatic amines is 1. The van der Waals surface area contributed by atoms with E-state index in [1.807, 2.05) is 0 Å². The van der Waals surface area contributed by atoms with Gasteiger partial charge >= 0.3 is 0 Å². The van der Waals surface area contributed by atoms with Gasteiger partial charge in [-0.15, -0.1) is 10.2 Å². The normalized spacial score (nSPS) is 11.4. The van der Waals surface area contributed by atoms with E-state index >= 15 is 0 Å². The summed E-state index contributed by atoms with van der Waals surface area (Å²) in [6, 6.07) is 6.62. The van der Waals surface area contributed by atoms with E-state index in [4.69, 9.17) is 15.3 Å². The van der Waals surface area contributed by atoms with Crippen LogP contribution in [0.15, 0.2) is 54.8 Å². The minimum atomic E-state index is -3.79. The van der Waals surface area contributed by atoms with E-state index in [2.05, 4.69) is 25.5 Å². The number of hydrogen-bond donors (Lipinski definition) is 4. The van der Waals surface area contributed by atoms with Crippen LogP contribution in [0.4, 0.5) is 11.5 Å². The molecule has 30 heavy (non-hydrogen) atoms. The first kappa shape index (κ1) is 21.8. The van der Waals surface area contributed by atoms with Crippen LogP contribution in [0.25, 0.3) is 0 Å². The Balaban J connectivity index is 1.48. The van der Waals surface area contributed by atoms with Gasteiger partial charge in [-0.1, -0.05) is 23.5 Å². The van der Waals surface area contributed by atoms with E-state index in [-0.39, 0.29) is 44.8 Å². The fourth-order valence-electron chi connectivity index (χ4n) is 2.06. The predicted octanol–water partition coefficient (Wildman–Crippen LogP) is 0.406. The van der Waals surface area contributed by atoms with Crippen LogP contribution in [0.2, 0.25) is 0 Å². The zero-order chi connectivity index (χ0) is 21.7. The zero-order valence-electron chi connectivity index (χ0n) is 15.1. The third-order valence-electron chi connectivity index (χ3n) is 3.31. The highest BCUT2D eigenvalue weighted by Crippen LogP contribution is 2.22. The highest BCUT2D eigenvalue weighted by atomic mass is 32.2. The summed E-state index contributed by atoms with van der Waals surface area (Å²) in [7, 11) is -3.79. The first-order valence-electron chi connectivity index (χ1n) is 8.06. The summed E-state index contributed by atoms with van der Waals surface area (Å²) in [5, 5.41) is 15.8. The maximum absolute atomic E-state index is 12.0. The second-order valence-electron chi connectivity index (χ2n) is 5.63. The molecule has 0 atom stereocenters. The molecular formula is C15H15N7O5S3. The summed E-state index contributed by atoms with van der Waals surface area (Å²) in [5.74, 6) is 0.289. The number of thioether (sulfide) groups is 2. The maximum Gasteiger partial charge on any atom is 0.277 e. The number of nitrogens with two attached hydrogens (primary N) is 2. The number of carbonyl (C=O) groups is 1. The number of carbonyl (C=O) groups excluding carboxylic acids is 1. The number of aromatic nitrogens is 4. The van der Waals surface area contributed by atoms with Gasteiger partial charge in [-0.3, -0.25) is 9.59 Å². The molecule has 0 radical (unpaired) electrons. The van der Waals surface area contributed by atoms with Crippen molar-refractivity contribution in [2.24, 2.45) is 5.14 Å². The van der Waals surface area contributed by atoms with Crippen molar-refractivity contribution in [3.8, 4) is 0 Å². The molecule has 0 aliphatic carbocycles. The smallest absolute Gasteiger partial charge is 0.277 e. The molecule has 15 heteroatoms. The Kier molecular flexibility index (Phi) is 6.76. The van der Waals surface area contributed by atoms with Gasteiger partial charge in [-0.25, -0.2) is 18.5 Å². The number of rotatable bonds is 8. The third kappa shape index (κ3) is 6.31. The summed E-state index contributed by atoms with van der Waals surface area (Å²) < 4.78 is 27.9. The minimum absolute atomic E-state index is 0.00416. The molecule has 3 aromatic rings. The highest BCUT2D eigenvalue weighted by Gasteiger charge is 2.12. The van der Waals surface area contributed by atoms with Gasteiger partial charge in [0.05, 0.1) is 16.4 Å². The molecule has 3 rings (SSSR count). The number of primary sulfonamides is 1. The van der Waals surface area contributed by atoms with E-state index in [0.29, 0.717) is 10.8 Å². The van der Waals surface area contributed by atoms with E-state index in [1.165, 1.54) is 30.3 Å². The van der Waals surface area contributed by atoms with E-state index in [9.17, 15) is 18.0 Å². The number of H-pyrrole nitrogens is 1. The lowest BCUT2D eigenvalue weighted by Crippen LogP contribution is -2.15. The van der Waals surface area contributed by atoms with Crippen LogP contribution in [0, 0.1) is 0 Å². The Labute approximate surface area is 178 Å². The molecule has 0 saturated carbocycles. The van der Waals surface area contributed by atoms with Gasteiger partial charge in [0.2, 0.25) is 21.8 Å². The number of nitrogens with one attached hydrogen (secondary N) is 2. The van der Waals surface area contributed by atoms with E-state index < -0.39 is 10.0 Å². The Morgan fingerprint density at radius 3 is 2.60 bits per heavy atom. The first-order chi connectivity index (χ1) is 14.2. The maximum atomic E-state index is 12.0. The van der Waals surface area contributed by atoms with Gasteiger partial charge < -0.3 is 20.5 Å². The Morgan fingerprint density at radius 2 is 1.93 bits per heavy atom. The van der Waals surface area contributed by atoms with Crippen LogP contribution in [0.5, 0.6) is 0 Å². The van der Waals surface area contributed by atoms with Crippen LogP contribution in [-0.2, 0) is 20.6 Å². The van der Waals surface area contributed by atoms with Crippen LogP contribution in [0.1, 0.15) is 5.89 Å². The molecule has 1 amide bonds. The van der Waals surface area contributed by atoms with E-state index in [0.717, 1.165) is 23.5 Å². The quantitative estimate of drug-likeness (QED) is 0.263. The predicted molar refractivity (Wildman–Crippen MR) is 110 cm³/mol. The molecule has 0 aliphatic rings. The summed E-state index contributed by atoms with van der Waals surface area (Å²) in [6.45, 7) is 0. The first-order valence-corrected chi connectivity index (χ1v) is 11.6. The largest absolute Gasteiger partial charge is 0.415 e. The summed E-state index contributed by atoms with van der Waals surface area (Å²) in [6.07, 6.45) is 0. The molecule has 6 N–H and O–H groups in total. The number of amides is 1. The lowest BCUT2D eigenvalue weighted by atomic mass is 10.3. The number of hydrogen-bond acceptors (Lipinski definition) is 11. The molecule has 0 saturated heterocycles. The fraction of sp³-hybridized carbons (Fsp3) is 0.133. The van der Waals surface area contributed by atoms with Crippen LogP contribution in [-0.4, -0.2) is 40.2 Å². The van der Waals surface area contributed by atoms with Crippen LogP contribution < -0.4 is 21.7 Å². The zero-order valence-corrected chi connectivity index (χ0v) is 17.5. The highest BCUT2D eigenvalue weighted by molar-refractivity contribution is 7.99. The minimum Gasteiger partial charge on any atom is -0.415 e. The van der Waals surface area contributed by atoms with Gasteiger partial charge in [-0.2, -0.15) is 0 Å². The van der Waals surface area contributed by atoms with Crippen LogP contribution in [0.3, 0.4) is 0 Å². The Hall–Kier alpha value is -2.88. The SMILES string of the molecule is Nc1cc(=O)[nH]c(SCc2nnc(SCC(=O)Nc3ccc(S(N)(=O)=O)cc3)o2)n1. The fourth-order valence-corrected chi connectivity index (χ4v) is 3.87. The second kappa shape index (κ2) is 9.29. The molecule has 0 aliphatic heterocycles. The standard InChI is InChI=1S/C15H15N7O5S3/c16-10-5-11(23)20-14(19-10)28-7-13-21-22-15(27-13)29-6-12(24)18-8-1-3-9(4-2-8)30(17,25)26/h1-5H,6-7H2,(H,18,24)(H2,17,25,26)(H3,16,19,20,23). The Bertz CT molecular complexity index is 1210. The van der Waals surface area contributed by atoms with Crippen molar-refractivity contribution in [1.82, 2.24) is 20.2 Å². The molecule has 158 valence electrons. The van der Waals surface area contributed by atoms with Gasteiger partial charge in [-0.05, 0) is 24.3 Å². The summed E-state index contributed by atoms with van der Waals surface area (Å²) in [4.78, 5) is 29.8. The Morgan fingerprint density at radius 1 is 1.20 bits per heavy atom. The lowest BCUT2D eigenvalue weighted by molar-refractivity contribution is -0.113. The number of nitrogen functional groups attached to an aromatic ring is 1. The average Bonchev–Trinajstić information content (AvgIpc) is 3.12. The second-order valence-corrected chi connectivity index (χ2v) is 9.08. The lowest BCUT2D eigenvalue weighted by Gasteiger charge is -2.05. The number of benzene rings is 1. The van der Waals surface area contributed by atoms with Crippen molar-refractivity contribution < 1.29 is 17.6 Å².